The van der Waals surface area contributed by atoms with Gasteiger partial charge in [-0.1, -0.05) is 5.21 Å². The summed E-state index contributed by atoms with van der Waals surface area (Å²) in [5, 5.41) is 11.1. The maximum Gasteiger partial charge on any atom is 0.142 e. The molecule has 0 saturated carbocycles. The van der Waals surface area contributed by atoms with Crippen LogP contribution in [0.25, 0.3) is 0 Å². The van der Waals surface area contributed by atoms with E-state index in [9.17, 15) is 0 Å². The van der Waals surface area contributed by atoms with E-state index >= 15 is 0 Å². The fourth-order valence-electron chi connectivity index (χ4n) is 1.82. The number of aryl methyl sites for hydroxylation is 1. The fourth-order valence-corrected chi connectivity index (χ4v) is 1.82. The van der Waals surface area contributed by atoms with Gasteiger partial charge in [-0.05, 0) is 13.1 Å². The SMILES string of the molecule is CNC(c1ccncc1OC)c1cnnn1C. The molecule has 0 fully saturated rings. The molecule has 90 valence electrons. The molecule has 0 aliphatic carbocycles. The van der Waals surface area contributed by atoms with E-state index in [2.05, 4.69) is 20.6 Å². The van der Waals surface area contributed by atoms with Gasteiger partial charge in [-0.15, -0.1) is 5.10 Å². The van der Waals surface area contributed by atoms with Crippen molar-refractivity contribution in [3.63, 3.8) is 0 Å². The third-order valence-electron chi connectivity index (χ3n) is 2.68. The topological polar surface area (TPSA) is 64.9 Å². The van der Waals surface area contributed by atoms with Crippen LogP contribution in [0.15, 0.2) is 24.7 Å². The summed E-state index contributed by atoms with van der Waals surface area (Å²) in [5.74, 6) is 0.744. The highest BCUT2D eigenvalue weighted by molar-refractivity contribution is 5.37. The zero-order valence-corrected chi connectivity index (χ0v) is 10.1. The number of rotatable bonds is 4. The fraction of sp³-hybridized carbons (Fsp3) is 0.364. The zero-order chi connectivity index (χ0) is 12.3. The molecule has 1 atom stereocenters. The molecule has 1 N–H and O–H groups in total. The van der Waals surface area contributed by atoms with Crippen LogP contribution in [0, 0.1) is 0 Å². The summed E-state index contributed by atoms with van der Waals surface area (Å²) in [6.45, 7) is 0. The Bertz CT molecular complexity index is 496. The molecule has 0 bridgehead atoms. The Morgan fingerprint density at radius 2 is 2.24 bits per heavy atom. The van der Waals surface area contributed by atoms with E-state index in [-0.39, 0.29) is 6.04 Å². The second-order valence-corrected chi connectivity index (χ2v) is 3.62. The summed E-state index contributed by atoms with van der Waals surface area (Å²) >= 11 is 0. The van der Waals surface area contributed by atoms with Crippen LogP contribution in [-0.2, 0) is 7.05 Å². The first kappa shape index (κ1) is 11.5. The summed E-state index contributed by atoms with van der Waals surface area (Å²) in [6, 6.07) is 1.90. The maximum absolute atomic E-state index is 5.31. The van der Waals surface area contributed by atoms with Gasteiger partial charge in [-0.25, -0.2) is 0 Å². The van der Waals surface area contributed by atoms with Crippen LogP contribution >= 0.6 is 0 Å². The monoisotopic (exact) mass is 233 g/mol. The van der Waals surface area contributed by atoms with Crippen molar-refractivity contribution in [3.05, 3.63) is 35.9 Å². The molecule has 1 unspecified atom stereocenters. The van der Waals surface area contributed by atoms with Crippen LogP contribution in [0.5, 0.6) is 5.75 Å². The Hall–Kier alpha value is -1.95. The van der Waals surface area contributed by atoms with E-state index in [1.807, 2.05) is 20.2 Å². The lowest BCUT2D eigenvalue weighted by atomic mass is 10.0. The number of nitrogens with zero attached hydrogens (tertiary/aromatic N) is 4. The van der Waals surface area contributed by atoms with Gasteiger partial charge in [0.2, 0.25) is 0 Å². The molecule has 0 aliphatic rings. The summed E-state index contributed by atoms with van der Waals surface area (Å²) in [5.41, 5.74) is 1.98. The molecule has 0 spiro atoms. The van der Waals surface area contributed by atoms with Gasteiger partial charge >= 0.3 is 0 Å². The molecule has 2 aromatic heterocycles. The minimum Gasteiger partial charge on any atom is -0.495 e. The lowest BCUT2D eigenvalue weighted by Gasteiger charge is -2.18. The van der Waals surface area contributed by atoms with Gasteiger partial charge < -0.3 is 10.1 Å². The van der Waals surface area contributed by atoms with Crippen LogP contribution in [0.1, 0.15) is 17.3 Å². The normalized spacial score (nSPS) is 12.4. The quantitative estimate of drug-likeness (QED) is 0.834. The van der Waals surface area contributed by atoms with E-state index < -0.39 is 0 Å². The second-order valence-electron chi connectivity index (χ2n) is 3.62. The number of ether oxygens (including phenoxy) is 1. The number of aromatic nitrogens is 4. The molecule has 0 aromatic carbocycles. The molecule has 2 heterocycles. The van der Waals surface area contributed by atoms with Gasteiger partial charge in [-0.2, -0.15) is 0 Å². The van der Waals surface area contributed by atoms with Crippen molar-refractivity contribution >= 4 is 0 Å². The Morgan fingerprint density at radius 3 is 2.82 bits per heavy atom. The average Bonchev–Trinajstić information content (AvgIpc) is 2.78. The first-order chi connectivity index (χ1) is 8.27. The van der Waals surface area contributed by atoms with E-state index in [4.69, 9.17) is 4.74 Å². The number of hydrogen-bond acceptors (Lipinski definition) is 5. The van der Waals surface area contributed by atoms with Crippen LogP contribution in [-0.4, -0.2) is 34.1 Å². The van der Waals surface area contributed by atoms with Gasteiger partial charge in [-0.3, -0.25) is 9.67 Å². The second kappa shape index (κ2) is 4.92. The molecule has 0 amide bonds. The molecule has 17 heavy (non-hydrogen) atoms. The molecular formula is C11H15N5O. The highest BCUT2D eigenvalue weighted by Crippen LogP contribution is 2.27. The highest BCUT2D eigenvalue weighted by atomic mass is 16.5. The molecular weight excluding hydrogens is 218 g/mol. The molecule has 2 aromatic rings. The Balaban J connectivity index is 2.46. The van der Waals surface area contributed by atoms with Crippen LogP contribution in [0.3, 0.4) is 0 Å². The predicted octanol–water partition coefficient (Wildman–Crippen LogP) is 0.527. The van der Waals surface area contributed by atoms with Crippen molar-refractivity contribution < 1.29 is 4.74 Å². The third kappa shape index (κ3) is 2.12. The number of hydrogen-bond donors (Lipinski definition) is 1. The predicted molar refractivity (Wildman–Crippen MR) is 62.7 cm³/mol. The zero-order valence-electron chi connectivity index (χ0n) is 10.1. The average molecular weight is 233 g/mol. The van der Waals surface area contributed by atoms with Crippen LogP contribution in [0.4, 0.5) is 0 Å². The van der Waals surface area contributed by atoms with E-state index in [0.29, 0.717) is 0 Å². The largest absolute Gasteiger partial charge is 0.495 e. The maximum atomic E-state index is 5.31. The van der Waals surface area contributed by atoms with Gasteiger partial charge in [0.1, 0.15) is 5.75 Å². The highest BCUT2D eigenvalue weighted by Gasteiger charge is 2.19. The van der Waals surface area contributed by atoms with Crippen molar-refractivity contribution in [1.82, 2.24) is 25.3 Å². The lowest BCUT2D eigenvalue weighted by molar-refractivity contribution is 0.402. The molecule has 0 saturated heterocycles. The molecule has 6 nitrogen and oxygen atoms in total. The summed E-state index contributed by atoms with van der Waals surface area (Å²) in [7, 11) is 5.38. The van der Waals surface area contributed by atoms with Gasteiger partial charge in [0, 0.05) is 18.8 Å². The van der Waals surface area contributed by atoms with Gasteiger partial charge in [0.15, 0.2) is 0 Å². The molecule has 6 heteroatoms. The minimum atomic E-state index is -0.0204. The van der Waals surface area contributed by atoms with Crippen LogP contribution < -0.4 is 10.1 Å². The first-order valence-electron chi connectivity index (χ1n) is 5.27. The molecule has 0 radical (unpaired) electrons. The number of methoxy groups -OCH3 is 1. The van der Waals surface area contributed by atoms with Crippen LogP contribution in [0.2, 0.25) is 0 Å². The van der Waals surface area contributed by atoms with Crippen molar-refractivity contribution in [3.8, 4) is 5.75 Å². The molecule has 2 rings (SSSR count). The summed E-state index contributed by atoms with van der Waals surface area (Å²) in [6.07, 6.45) is 5.18. The minimum absolute atomic E-state index is 0.0204. The van der Waals surface area contributed by atoms with Crippen molar-refractivity contribution in [2.24, 2.45) is 7.05 Å². The van der Waals surface area contributed by atoms with Gasteiger partial charge in [0.05, 0.1) is 31.2 Å². The number of nitrogens with one attached hydrogen (secondary N) is 1. The Morgan fingerprint density at radius 1 is 1.41 bits per heavy atom. The van der Waals surface area contributed by atoms with Crippen molar-refractivity contribution in [1.29, 1.82) is 0 Å². The Labute approximate surface area is 99.6 Å². The van der Waals surface area contributed by atoms with Gasteiger partial charge in [0.25, 0.3) is 0 Å². The van der Waals surface area contributed by atoms with E-state index in [0.717, 1.165) is 17.0 Å². The lowest BCUT2D eigenvalue weighted by Crippen LogP contribution is -2.21. The standard InChI is InChI=1S/C11H15N5O/c1-12-11(9-6-14-15-16(9)2)8-4-5-13-7-10(8)17-3/h4-7,11-12H,1-3H3. The third-order valence-corrected chi connectivity index (χ3v) is 2.68. The Kier molecular flexibility index (Phi) is 3.34. The molecule has 0 aliphatic heterocycles. The van der Waals surface area contributed by atoms with E-state index in [1.165, 1.54) is 0 Å². The first-order valence-corrected chi connectivity index (χ1v) is 5.27. The van der Waals surface area contributed by atoms with Crippen molar-refractivity contribution in [2.75, 3.05) is 14.2 Å². The smallest absolute Gasteiger partial charge is 0.142 e. The summed E-state index contributed by atoms with van der Waals surface area (Å²) < 4.78 is 7.05. The van der Waals surface area contributed by atoms with E-state index in [1.54, 1.807) is 30.4 Å². The van der Waals surface area contributed by atoms with Crippen molar-refractivity contribution in [2.45, 2.75) is 6.04 Å². The number of pyridine rings is 1. The summed E-state index contributed by atoms with van der Waals surface area (Å²) in [4.78, 5) is 4.05.